The van der Waals surface area contributed by atoms with Crippen molar-refractivity contribution in [2.24, 2.45) is 4.99 Å². The number of nitrogens with zero attached hydrogens (tertiary/aromatic N) is 2. The summed E-state index contributed by atoms with van der Waals surface area (Å²) in [6.45, 7) is 8.28. The molecule has 0 bridgehead atoms. The number of aliphatic imine (C=N–C) groups is 1. The van der Waals surface area contributed by atoms with Crippen molar-refractivity contribution in [1.29, 1.82) is 0 Å². The number of aliphatic hydroxyl groups is 1. The van der Waals surface area contributed by atoms with Gasteiger partial charge < -0.3 is 15.7 Å². The molecule has 1 aromatic rings. The van der Waals surface area contributed by atoms with Crippen molar-refractivity contribution in [2.75, 3.05) is 13.1 Å². The maximum atomic E-state index is 10.4. The van der Waals surface area contributed by atoms with E-state index in [2.05, 4.69) is 39.8 Å². The number of thiazole rings is 1. The molecular weight excluding hydrogens is 423 g/mol. The van der Waals surface area contributed by atoms with Crippen LogP contribution in [-0.4, -0.2) is 34.7 Å². The maximum absolute atomic E-state index is 10.4. The first-order valence-electron chi connectivity index (χ1n) is 8.21. The van der Waals surface area contributed by atoms with Crippen molar-refractivity contribution < 1.29 is 5.11 Å². The molecule has 3 N–H and O–H groups in total. The van der Waals surface area contributed by atoms with Crippen molar-refractivity contribution >= 4 is 41.3 Å². The third-order valence-corrected chi connectivity index (χ3v) is 4.85. The van der Waals surface area contributed by atoms with Crippen LogP contribution in [-0.2, 0) is 6.54 Å². The monoisotopic (exact) mass is 452 g/mol. The van der Waals surface area contributed by atoms with Crippen LogP contribution in [0.3, 0.4) is 0 Å². The van der Waals surface area contributed by atoms with Crippen LogP contribution in [0.15, 0.2) is 10.4 Å². The lowest BCUT2D eigenvalue weighted by Crippen LogP contribution is -2.46. The van der Waals surface area contributed by atoms with Gasteiger partial charge in [-0.25, -0.2) is 9.98 Å². The number of hydrogen-bond acceptors (Lipinski definition) is 4. The smallest absolute Gasteiger partial charge is 0.191 e. The van der Waals surface area contributed by atoms with Gasteiger partial charge in [-0.2, -0.15) is 0 Å². The molecule has 0 aliphatic heterocycles. The van der Waals surface area contributed by atoms with Crippen LogP contribution in [0.25, 0.3) is 0 Å². The first-order chi connectivity index (χ1) is 10.5. The number of nitrogens with one attached hydrogen (secondary N) is 2. The van der Waals surface area contributed by atoms with Crippen molar-refractivity contribution in [1.82, 2.24) is 15.6 Å². The highest BCUT2D eigenvalue weighted by Crippen LogP contribution is 2.28. The van der Waals surface area contributed by atoms with Crippen molar-refractivity contribution in [3.63, 3.8) is 0 Å². The minimum Gasteiger partial charge on any atom is -0.388 e. The molecule has 0 unspecified atom stereocenters. The molecule has 1 aliphatic carbocycles. The average Bonchev–Trinajstić information content (AvgIpc) is 3.11. The average molecular weight is 452 g/mol. The van der Waals surface area contributed by atoms with E-state index >= 15 is 0 Å². The van der Waals surface area contributed by atoms with Gasteiger partial charge in [0.1, 0.15) is 5.01 Å². The minimum absolute atomic E-state index is 0. The van der Waals surface area contributed by atoms with E-state index in [0.717, 1.165) is 48.9 Å². The molecule has 23 heavy (non-hydrogen) atoms. The third kappa shape index (κ3) is 6.54. The molecule has 1 aliphatic rings. The normalized spacial score (nSPS) is 17.2. The Balaban J connectivity index is 0.00000264. The third-order valence-electron chi connectivity index (χ3n) is 4.00. The lowest BCUT2D eigenvalue weighted by atomic mass is 10.0. The van der Waals surface area contributed by atoms with Crippen LogP contribution >= 0.6 is 35.3 Å². The molecule has 5 nitrogen and oxygen atoms in total. The summed E-state index contributed by atoms with van der Waals surface area (Å²) < 4.78 is 0. The number of aromatic nitrogens is 1. The number of hydrogen-bond donors (Lipinski definition) is 3. The van der Waals surface area contributed by atoms with Gasteiger partial charge in [-0.15, -0.1) is 35.3 Å². The second-order valence-electron chi connectivity index (χ2n) is 6.30. The van der Waals surface area contributed by atoms with E-state index in [9.17, 15) is 5.11 Å². The molecule has 0 atom stereocenters. The second kappa shape index (κ2) is 9.78. The molecule has 1 aromatic heterocycles. The van der Waals surface area contributed by atoms with Gasteiger partial charge in [-0.1, -0.05) is 26.7 Å². The van der Waals surface area contributed by atoms with Crippen LogP contribution in [0.4, 0.5) is 0 Å². The predicted molar refractivity (Wildman–Crippen MR) is 108 cm³/mol. The highest BCUT2D eigenvalue weighted by atomic mass is 127. The van der Waals surface area contributed by atoms with Crippen molar-refractivity contribution in [2.45, 2.75) is 64.5 Å². The molecule has 0 amide bonds. The van der Waals surface area contributed by atoms with E-state index in [1.807, 2.05) is 6.92 Å². The van der Waals surface area contributed by atoms with E-state index in [4.69, 9.17) is 0 Å². The Labute approximate surface area is 160 Å². The molecule has 132 valence electrons. The molecule has 0 spiro atoms. The Bertz CT molecular complexity index is 498. The van der Waals surface area contributed by atoms with Crippen molar-refractivity contribution in [3.05, 3.63) is 16.1 Å². The molecule has 1 heterocycles. The number of rotatable bonds is 6. The van der Waals surface area contributed by atoms with E-state index in [1.54, 1.807) is 11.3 Å². The maximum Gasteiger partial charge on any atom is 0.191 e. The first kappa shape index (κ1) is 20.6. The van der Waals surface area contributed by atoms with Crippen LogP contribution in [0.2, 0.25) is 0 Å². The fourth-order valence-electron chi connectivity index (χ4n) is 2.61. The molecule has 1 fully saturated rings. The van der Waals surface area contributed by atoms with E-state index < -0.39 is 5.60 Å². The Morgan fingerprint density at radius 2 is 2.09 bits per heavy atom. The molecule has 2 rings (SSSR count). The van der Waals surface area contributed by atoms with Gasteiger partial charge in [-0.05, 0) is 25.7 Å². The van der Waals surface area contributed by atoms with Gasteiger partial charge in [0.2, 0.25) is 0 Å². The molecule has 0 radical (unpaired) electrons. The summed E-state index contributed by atoms with van der Waals surface area (Å²) in [6, 6.07) is 0. The Morgan fingerprint density at radius 1 is 1.39 bits per heavy atom. The Hall–Kier alpha value is -0.410. The fourth-order valence-corrected chi connectivity index (χ4v) is 3.49. The summed E-state index contributed by atoms with van der Waals surface area (Å²) in [4.78, 5) is 9.18. The van der Waals surface area contributed by atoms with Gasteiger partial charge in [0.05, 0.1) is 17.8 Å². The number of halogens is 1. The van der Waals surface area contributed by atoms with Crippen LogP contribution in [0.1, 0.15) is 63.1 Å². The Kier molecular flexibility index (Phi) is 8.78. The van der Waals surface area contributed by atoms with Crippen LogP contribution in [0.5, 0.6) is 0 Å². The molecule has 0 saturated heterocycles. The lowest BCUT2D eigenvalue weighted by Gasteiger charge is -2.23. The summed E-state index contributed by atoms with van der Waals surface area (Å²) >= 11 is 1.66. The molecular formula is C16H29IN4OS. The summed E-state index contributed by atoms with van der Waals surface area (Å²) in [5.74, 6) is 1.21. The molecule has 7 heteroatoms. The van der Waals surface area contributed by atoms with Gasteiger partial charge in [0.25, 0.3) is 0 Å². The fraction of sp³-hybridized carbons (Fsp3) is 0.750. The minimum atomic E-state index is -0.567. The topological polar surface area (TPSA) is 69.5 Å². The van der Waals surface area contributed by atoms with Crippen LogP contribution in [0, 0.1) is 0 Å². The largest absolute Gasteiger partial charge is 0.388 e. The summed E-state index contributed by atoms with van der Waals surface area (Å²) in [5, 5.41) is 20.0. The first-order valence-corrected chi connectivity index (χ1v) is 9.09. The zero-order valence-electron chi connectivity index (χ0n) is 14.3. The molecule has 0 aromatic carbocycles. The standard InChI is InChI=1S/C16H28N4OS.HI/c1-4-17-15(19-11-16(21)7-5-6-8-16)18-9-14-20-13(10-22-14)12(2)3;/h10,12,21H,4-9,11H2,1-3H3,(H2,17,18,19);1H. The SMILES string of the molecule is CCNC(=NCc1nc(C(C)C)cs1)NCC1(O)CCCC1.I. The van der Waals surface area contributed by atoms with Gasteiger partial charge >= 0.3 is 0 Å². The highest BCUT2D eigenvalue weighted by molar-refractivity contribution is 14.0. The van der Waals surface area contributed by atoms with Crippen molar-refractivity contribution in [3.8, 4) is 0 Å². The van der Waals surface area contributed by atoms with E-state index in [-0.39, 0.29) is 24.0 Å². The van der Waals surface area contributed by atoms with Gasteiger partial charge in [0, 0.05) is 18.5 Å². The quantitative estimate of drug-likeness (QED) is 0.352. The zero-order chi connectivity index (χ0) is 16.0. The second-order valence-corrected chi connectivity index (χ2v) is 7.24. The summed E-state index contributed by atoms with van der Waals surface area (Å²) in [6.07, 6.45) is 3.99. The summed E-state index contributed by atoms with van der Waals surface area (Å²) in [5.41, 5.74) is 0.566. The van der Waals surface area contributed by atoms with Crippen LogP contribution < -0.4 is 10.6 Å². The predicted octanol–water partition coefficient (Wildman–Crippen LogP) is 3.24. The lowest BCUT2D eigenvalue weighted by molar-refractivity contribution is 0.0522. The van der Waals surface area contributed by atoms with E-state index in [0.29, 0.717) is 19.0 Å². The van der Waals surface area contributed by atoms with Gasteiger partial charge in [-0.3, -0.25) is 0 Å². The van der Waals surface area contributed by atoms with Gasteiger partial charge in [0.15, 0.2) is 5.96 Å². The summed E-state index contributed by atoms with van der Waals surface area (Å²) in [7, 11) is 0. The number of guanidine groups is 1. The Morgan fingerprint density at radius 3 is 2.65 bits per heavy atom. The molecule has 1 saturated carbocycles. The highest BCUT2D eigenvalue weighted by Gasteiger charge is 2.30. The van der Waals surface area contributed by atoms with E-state index in [1.165, 1.54) is 0 Å². The zero-order valence-corrected chi connectivity index (χ0v) is 17.4.